The number of nitrogens with one attached hydrogen (secondary N) is 2. The van der Waals surface area contributed by atoms with Gasteiger partial charge < -0.3 is 15.7 Å². The lowest BCUT2D eigenvalue weighted by Gasteiger charge is -2.16. The number of thiophene rings is 1. The van der Waals surface area contributed by atoms with Crippen molar-refractivity contribution in [3.8, 4) is 0 Å². The molecule has 0 saturated heterocycles. The molecule has 19 heavy (non-hydrogen) atoms. The standard InChI is InChI=1S/C13H20N2O3S/c1-8(2)6-11(12(16)17)15-13(18)14-7-10-5-4-9(3)19-10/h4-5,8,11H,6-7H2,1-3H3,(H,16,17)(H2,14,15,18)/t11-/m1/s1. The second-order valence-corrected chi connectivity index (χ2v) is 6.23. The van der Waals surface area contributed by atoms with Crippen molar-refractivity contribution < 1.29 is 14.7 Å². The minimum Gasteiger partial charge on any atom is -0.480 e. The molecular weight excluding hydrogens is 264 g/mol. The number of urea groups is 1. The summed E-state index contributed by atoms with van der Waals surface area (Å²) < 4.78 is 0. The van der Waals surface area contributed by atoms with Crippen LogP contribution in [0, 0.1) is 12.8 Å². The monoisotopic (exact) mass is 284 g/mol. The third-order valence-electron chi connectivity index (χ3n) is 2.53. The van der Waals surface area contributed by atoms with Crippen molar-refractivity contribution in [2.45, 2.75) is 39.8 Å². The normalized spacial score (nSPS) is 12.2. The van der Waals surface area contributed by atoms with E-state index >= 15 is 0 Å². The molecule has 1 atom stereocenters. The fraction of sp³-hybridized carbons (Fsp3) is 0.538. The van der Waals surface area contributed by atoms with Crippen molar-refractivity contribution in [2.75, 3.05) is 0 Å². The largest absolute Gasteiger partial charge is 0.480 e. The highest BCUT2D eigenvalue weighted by Gasteiger charge is 2.20. The van der Waals surface area contributed by atoms with Crippen molar-refractivity contribution in [2.24, 2.45) is 5.92 Å². The number of carboxylic acids is 1. The third kappa shape index (κ3) is 5.74. The first-order chi connectivity index (χ1) is 8.88. The lowest BCUT2D eigenvalue weighted by molar-refractivity contribution is -0.139. The number of carboxylic acid groups (broad SMARTS) is 1. The zero-order valence-electron chi connectivity index (χ0n) is 11.4. The summed E-state index contributed by atoms with van der Waals surface area (Å²) in [5.41, 5.74) is 0. The lowest BCUT2D eigenvalue weighted by atomic mass is 10.0. The highest BCUT2D eigenvalue weighted by atomic mass is 32.1. The van der Waals surface area contributed by atoms with Gasteiger partial charge in [-0.05, 0) is 31.4 Å². The summed E-state index contributed by atoms with van der Waals surface area (Å²) in [5, 5.41) is 14.2. The first-order valence-electron chi connectivity index (χ1n) is 6.21. The molecule has 0 radical (unpaired) electrons. The van der Waals surface area contributed by atoms with E-state index in [4.69, 9.17) is 5.11 Å². The summed E-state index contributed by atoms with van der Waals surface area (Å²) in [6.45, 7) is 6.25. The first-order valence-corrected chi connectivity index (χ1v) is 7.02. The molecule has 0 fully saturated rings. The fourth-order valence-corrected chi connectivity index (χ4v) is 2.48. The molecule has 106 valence electrons. The van der Waals surface area contributed by atoms with Gasteiger partial charge in [-0.1, -0.05) is 13.8 Å². The van der Waals surface area contributed by atoms with Crippen LogP contribution in [0.4, 0.5) is 4.79 Å². The third-order valence-corrected chi connectivity index (χ3v) is 3.53. The van der Waals surface area contributed by atoms with Crippen molar-refractivity contribution >= 4 is 23.3 Å². The molecule has 0 aliphatic carbocycles. The highest BCUT2D eigenvalue weighted by molar-refractivity contribution is 7.11. The van der Waals surface area contributed by atoms with E-state index in [-0.39, 0.29) is 5.92 Å². The Balaban J connectivity index is 2.42. The molecule has 1 aromatic rings. The average Bonchev–Trinajstić information content (AvgIpc) is 2.71. The van der Waals surface area contributed by atoms with Crippen LogP contribution in [0.5, 0.6) is 0 Å². The van der Waals surface area contributed by atoms with E-state index in [2.05, 4.69) is 10.6 Å². The molecule has 0 saturated carbocycles. The van der Waals surface area contributed by atoms with E-state index in [0.29, 0.717) is 13.0 Å². The molecule has 0 spiro atoms. The molecule has 0 unspecified atom stereocenters. The number of amides is 2. The van der Waals surface area contributed by atoms with Crippen LogP contribution in [0.1, 0.15) is 30.0 Å². The number of carbonyl (C=O) groups is 2. The highest BCUT2D eigenvalue weighted by Crippen LogP contribution is 2.14. The number of hydrogen-bond acceptors (Lipinski definition) is 3. The first kappa shape index (κ1) is 15.5. The second-order valence-electron chi connectivity index (χ2n) is 4.86. The zero-order valence-corrected chi connectivity index (χ0v) is 12.2. The van der Waals surface area contributed by atoms with Crippen LogP contribution in [0.25, 0.3) is 0 Å². The van der Waals surface area contributed by atoms with Gasteiger partial charge in [-0.15, -0.1) is 11.3 Å². The molecule has 1 heterocycles. The zero-order chi connectivity index (χ0) is 14.4. The predicted octanol–water partition coefficient (Wildman–Crippen LogP) is 2.36. The van der Waals surface area contributed by atoms with Gasteiger partial charge >= 0.3 is 12.0 Å². The maximum absolute atomic E-state index is 11.6. The van der Waals surface area contributed by atoms with Crippen molar-refractivity contribution in [3.05, 3.63) is 21.9 Å². The van der Waals surface area contributed by atoms with Gasteiger partial charge in [-0.3, -0.25) is 0 Å². The van der Waals surface area contributed by atoms with E-state index in [1.807, 2.05) is 32.9 Å². The molecule has 6 heteroatoms. The molecule has 0 bridgehead atoms. The van der Waals surface area contributed by atoms with Gasteiger partial charge in [0.25, 0.3) is 0 Å². The number of aliphatic carboxylic acids is 1. The van der Waals surface area contributed by atoms with E-state index in [1.165, 1.54) is 4.88 Å². The van der Waals surface area contributed by atoms with Gasteiger partial charge in [0.05, 0.1) is 6.54 Å². The predicted molar refractivity (Wildman–Crippen MR) is 75.3 cm³/mol. The molecular formula is C13H20N2O3S. The van der Waals surface area contributed by atoms with E-state index < -0.39 is 18.0 Å². The number of hydrogen-bond donors (Lipinski definition) is 3. The van der Waals surface area contributed by atoms with Crippen molar-refractivity contribution in [1.82, 2.24) is 10.6 Å². The number of aryl methyl sites for hydroxylation is 1. The van der Waals surface area contributed by atoms with Crippen molar-refractivity contribution in [1.29, 1.82) is 0 Å². The Morgan fingerprint density at radius 2 is 2.05 bits per heavy atom. The lowest BCUT2D eigenvalue weighted by Crippen LogP contribution is -2.46. The van der Waals surface area contributed by atoms with E-state index in [0.717, 1.165) is 4.88 Å². The number of carbonyl (C=O) groups excluding carboxylic acids is 1. The SMILES string of the molecule is Cc1ccc(CNC(=O)N[C@H](CC(C)C)C(=O)O)s1. The molecule has 1 rings (SSSR count). The summed E-state index contributed by atoms with van der Waals surface area (Å²) in [5.74, 6) is -0.794. The molecule has 0 aromatic carbocycles. The van der Waals surface area contributed by atoms with Crippen LogP contribution in [0.3, 0.4) is 0 Å². The van der Waals surface area contributed by atoms with Gasteiger partial charge in [-0.2, -0.15) is 0 Å². The van der Waals surface area contributed by atoms with Crippen LogP contribution in [0.2, 0.25) is 0 Å². The van der Waals surface area contributed by atoms with E-state index in [1.54, 1.807) is 11.3 Å². The summed E-state index contributed by atoms with van der Waals surface area (Å²) in [7, 11) is 0. The van der Waals surface area contributed by atoms with Crippen LogP contribution < -0.4 is 10.6 Å². The Labute approximate surface area is 117 Å². The van der Waals surface area contributed by atoms with Gasteiger partial charge in [0, 0.05) is 9.75 Å². The minimum atomic E-state index is -1.00. The minimum absolute atomic E-state index is 0.210. The molecule has 2 amide bonds. The molecule has 1 aromatic heterocycles. The summed E-state index contributed by atoms with van der Waals surface area (Å²) in [4.78, 5) is 24.9. The Morgan fingerprint density at radius 3 is 2.53 bits per heavy atom. The Morgan fingerprint density at radius 1 is 1.37 bits per heavy atom. The topological polar surface area (TPSA) is 78.4 Å². The summed E-state index contributed by atoms with van der Waals surface area (Å²) >= 11 is 1.61. The summed E-state index contributed by atoms with van der Waals surface area (Å²) in [6, 6.07) is 2.64. The summed E-state index contributed by atoms with van der Waals surface area (Å²) in [6.07, 6.45) is 0.418. The van der Waals surface area contributed by atoms with Crippen LogP contribution in [0.15, 0.2) is 12.1 Å². The van der Waals surface area contributed by atoms with Crippen LogP contribution >= 0.6 is 11.3 Å². The maximum Gasteiger partial charge on any atom is 0.326 e. The molecule has 0 aliphatic heterocycles. The number of rotatable bonds is 6. The smallest absolute Gasteiger partial charge is 0.326 e. The van der Waals surface area contributed by atoms with Crippen molar-refractivity contribution in [3.63, 3.8) is 0 Å². The Bertz CT molecular complexity index is 443. The average molecular weight is 284 g/mol. The van der Waals surface area contributed by atoms with Gasteiger partial charge in [-0.25, -0.2) is 9.59 Å². The van der Waals surface area contributed by atoms with Gasteiger partial charge in [0.2, 0.25) is 0 Å². The molecule has 3 N–H and O–H groups in total. The van der Waals surface area contributed by atoms with Crippen LogP contribution in [-0.4, -0.2) is 23.1 Å². The fourth-order valence-electron chi connectivity index (χ4n) is 1.65. The van der Waals surface area contributed by atoms with Gasteiger partial charge in [0.15, 0.2) is 0 Å². The second kappa shape index (κ2) is 7.13. The van der Waals surface area contributed by atoms with Gasteiger partial charge in [0.1, 0.15) is 6.04 Å². The quantitative estimate of drug-likeness (QED) is 0.750. The van der Waals surface area contributed by atoms with E-state index in [9.17, 15) is 9.59 Å². The Kier molecular flexibility index (Phi) is 5.82. The maximum atomic E-state index is 11.6. The van der Waals surface area contributed by atoms with Crippen LogP contribution in [-0.2, 0) is 11.3 Å². The molecule has 0 aliphatic rings. The Hall–Kier alpha value is -1.56. The molecule has 5 nitrogen and oxygen atoms in total.